The average molecular weight is 324 g/mol. The van der Waals surface area contributed by atoms with Gasteiger partial charge in [0, 0.05) is 0 Å². The second-order valence-electron chi connectivity index (χ2n) is 6.62. The van der Waals surface area contributed by atoms with Crippen molar-refractivity contribution in [2.75, 3.05) is 12.3 Å². The molecule has 1 aromatic heterocycles. The van der Waals surface area contributed by atoms with Crippen molar-refractivity contribution in [2.45, 2.75) is 33.9 Å². The molecule has 0 aliphatic carbocycles. The van der Waals surface area contributed by atoms with Crippen molar-refractivity contribution in [1.82, 2.24) is 4.57 Å². The third-order valence-electron chi connectivity index (χ3n) is 4.23. The Hall–Kier alpha value is -2.49. The zero-order chi connectivity index (χ0) is 17.1. The number of hydrogen-bond donors (Lipinski definition) is 1. The van der Waals surface area contributed by atoms with E-state index in [0.29, 0.717) is 12.5 Å². The molecule has 0 atom stereocenters. The van der Waals surface area contributed by atoms with Gasteiger partial charge in [-0.1, -0.05) is 44.2 Å². The molecule has 126 valence electrons. The van der Waals surface area contributed by atoms with Crippen molar-refractivity contribution in [2.24, 2.45) is 5.92 Å². The van der Waals surface area contributed by atoms with Crippen LogP contribution in [0.4, 0.5) is 5.95 Å². The molecule has 0 aliphatic rings. The van der Waals surface area contributed by atoms with Crippen molar-refractivity contribution >= 4 is 17.0 Å². The maximum absolute atomic E-state index is 6.44. The van der Waals surface area contributed by atoms with Crippen LogP contribution < -0.4 is 15.0 Å². The summed E-state index contributed by atoms with van der Waals surface area (Å²) in [6.07, 6.45) is 0. The number of fused-ring (bicyclic) bond motifs is 1. The molecule has 24 heavy (non-hydrogen) atoms. The third-order valence-corrected chi connectivity index (χ3v) is 4.23. The van der Waals surface area contributed by atoms with Gasteiger partial charge in [0.1, 0.15) is 29.9 Å². The van der Waals surface area contributed by atoms with E-state index in [4.69, 9.17) is 10.5 Å². The summed E-state index contributed by atoms with van der Waals surface area (Å²) in [7, 11) is 0. The summed E-state index contributed by atoms with van der Waals surface area (Å²) in [5.41, 5.74) is 9.93. The van der Waals surface area contributed by atoms with E-state index in [1.165, 1.54) is 5.52 Å². The molecule has 4 nitrogen and oxygen atoms in total. The Bertz CT molecular complexity index is 836. The van der Waals surface area contributed by atoms with E-state index < -0.39 is 0 Å². The molecular formula is C20H26N3O+. The molecule has 2 N–H and O–H groups in total. The highest BCUT2D eigenvalue weighted by Crippen LogP contribution is 2.19. The van der Waals surface area contributed by atoms with Gasteiger partial charge in [0.2, 0.25) is 0 Å². The van der Waals surface area contributed by atoms with Gasteiger partial charge in [-0.05, 0) is 36.6 Å². The number of nitrogen functional groups attached to an aromatic ring is 1. The number of ether oxygens (including phenoxy) is 1. The number of nitrogens with two attached hydrogens (primary N) is 1. The smallest absolute Gasteiger partial charge is 0.356 e. The summed E-state index contributed by atoms with van der Waals surface area (Å²) in [5, 5.41) is 0. The van der Waals surface area contributed by atoms with E-state index >= 15 is 0 Å². The van der Waals surface area contributed by atoms with Gasteiger partial charge in [0.15, 0.2) is 0 Å². The molecule has 3 rings (SSSR count). The Morgan fingerprint density at radius 3 is 2.54 bits per heavy atom. The van der Waals surface area contributed by atoms with E-state index in [0.717, 1.165) is 35.9 Å². The van der Waals surface area contributed by atoms with Crippen LogP contribution in [-0.2, 0) is 13.1 Å². The van der Waals surface area contributed by atoms with Gasteiger partial charge >= 0.3 is 5.95 Å². The van der Waals surface area contributed by atoms with Gasteiger partial charge < -0.3 is 4.74 Å². The largest absolute Gasteiger partial charge is 0.490 e. The molecular weight excluding hydrogens is 298 g/mol. The maximum Gasteiger partial charge on any atom is 0.356 e. The van der Waals surface area contributed by atoms with E-state index in [9.17, 15) is 0 Å². The minimum absolute atomic E-state index is 0.541. The van der Waals surface area contributed by atoms with E-state index in [2.05, 4.69) is 60.2 Å². The number of nitrogens with zero attached hydrogens (tertiary/aromatic N) is 2. The van der Waals surface area contributed by atoms with Crippen LogP contribution in [0.25, 0.3) is 11.0 Å². The molecule has 0 saturated carbocycles. The summed E-state index contributed by atoms with van der Waals surface area (Å²) in [5.74, 6) is 2.26. The highest BCUT2D eigenvalue weighted by Gasteiger charge is 2.21. The van der Waals surface area contributed by atoms with Crippen LogP contribution in [-0.4, -0.2) is 11.2 Å². The molecule has 0 fully saturated rings. The van der Waals surface area contributed by atoms with Crippen LogP contribution in [0.1, 0.15) is 19.4 Å². The van der Waals surface area contributed by atoms with Crippen LogP contribution in [0.15, 0.2) is 48.5 Å². The number of rotatable bonds is 6. The highest BCUT2D eigenvalue weighted by molar-refractivity contribution is 5.73. The predicted octanol–water partition coefficient (Wildman–Crippen LogP) is 3.55. The monoisotopic (exact) mass is 324 g/mol. The lowest BCUT2D eigenvalue weighted by molar-refractivity contribution is -0.663. The molecule has 0 amide bonds. The minimum Gasteiger partial charge on any atom is -0.490 e. The quantitative estimate of drug-likeness (QED) is 0.705. The van der Waals surface area contributed by atoms with Crippen LogP contribution in [0.3, 0.4) is 0 Å². The first-order valence-electron chi connectivity index (χ1n) is 8.53. The van der Waals surface area contributed by atoms with Gasteiger partial charge in [0.05, 0.1) is 6.54 Å². The lowest BCUT2D eigenvalue weighted by Crippen LogP contribution is -2.39. The van der Waals surface area contributed by atoms with Crippen molar-refractivity contribution in [3.63, 3.8) is 0 Å². The lowest BCUT2D eigenvalue weighted by Gasteiger charge is -2.08. The number of aromatic nitrogens is 2. The SMILES string of the molecule is Cc1ccccc1OCCn1c(N)[n+](CC(C)C)c2ccccc21. The van der Waals surface area contributed by atoms with Crippen molar-refractivity contribution in [1.29, 1.82) is 0 Å². The van der Waals surface area contributed by atoms with Crippen molar-refractivity contribution in [3.8, 4) is 5.75 Å². The summed E-state index contributed by atoms with van der Waals surface area (Å²) in [6.45, 7) is 8.71. The number of hydrogen-bond acceptors (Lipinski definition) is 2. The lowest BCUT2D eigenvalue weighted by atomic mass is 10.2. The Morgan fingerprint density at radius 2 is 1.79 bits per heavy atom. The zero-order valence-corrected chi connectivity index (χ0v) is 14.7. The van der Waals surface area contributed by atoms with Gasteiger partial charge in [-0.3, -0.25) is 5.73 Å². The van der Waals surface area contributed by atoms with Gasteiger partial charge in [-0.2, -0.15) is 0 Å². The van der Waals surface area contributed by atoms with Gasteiger partial charge in [0.25, 0.3) is 0 Å². The van der Waals surface area contributed by atoms with Gasteiger partial charge in [-0.15, -0.1) is 0 Å². The van der Waals surface area contributed by atoms with Crippen molar-refractivity contribution < 1.29 is 9.30 Å². The van der Waals surface area contributed by atoms with Crippen LogP contribution in [0.5, 0.6) is 5.75 Å². The summed E-state index contributed by atoms with van der Waals surface area (Å²) < 4.78 is 10.3. The van der Waals surface area contributed by atoms with E-state index in [1.54, 1.807) is 0 Å². The summed E-state index contributed by atoms with van der Waals surface area (Å²) in [6, 6.07) is 16.5. The first kappa shape index (κ1) is 16.4. The second kappa shape index (κ2) is 6.95. The molecule has 0 spiro atoms. The Morgan fingerprint density at radius 1 is 1.08 bits per heavy atom. The maximum atomic E-state index is 6.44. The molecule has 0 radical (unpaired) electrons. The van der Waals surface area contributed by atoms with Crippen LogP contribution in [0, 0.1) is 12.8 Å². The van der Waals surface area contributed by atoms with Gasteiger partial charge in [-0.25, -0.2) is 9.13 Å². The first-order chi connectivity index (χ1) is 11.6. The Kier molecular flexibility index (Phi) is 4.74. The second-order valence-corrected chi connectivity index (χ2v) is 6.62. The third kappa shape index (κ3) is 3.23. The number of imidazole rings is 1. The zero-order valence-electron chi connectivity index (χ0n) is 14.7. The molecule has 2 aromatic carbocycles. The topological polar surface area (TPSA) is 44.1 Å². The molecule has 4 heteroatoms. The molecule has 1 heterocycles. The number of para-hydroxylation sites is 3. The highest BCUT2D eigenvalue weighted by atomic mass is 16.5. The fourth-order valence-electron chi connectivity index (χ4n) is 3.07. The number of aryl methyl sites for hydroxylation is 1. The Balaban J connectivity index is 1.84. The molecule has 0 saturated heterocycles. The number of benzene rings is 2. The summed E-state index contributed by atoms with van der Waals surface area (Å²) >= 11 is 0. The van der Waals surface area contributed by atoms with Crippen LogP contribution >= 0.6 is 0 Å². The standard InChI is InChI=1S/C20H25N3O/c1-15(2)14-23-18-10-6-5-9-17(18)22(20(23)21)12-13-24-19-11-7-4-8-16(19)3/h4-11,15,21H,12-14H2,1-3H3/p+1. The van der Waals surface area contributed by atoms with E-state index in [1.807, 2.05) is 18.2 Å². The average Bonchev–Trinajstić information content (AvgIpc) is 2.82. The predicted molar refractivity (Wildman–Crippen MR) is 98.1 cm³/mol. The fraction of sp³-hybridized carbons (Fsp3) is 0.350. The summed E-state index contributed by atoms with van der Waals surface area (Å²) in [4.78, 5) is 0. The minimum atomic E-state index is 0.541. The van der Waals surface area contributed by atoms with Crippen molar-refractivity contribution in [3.05, 3.63) is 54.1 Å². The normalized spacial score (nSPS) is 11.3. The molecule has 0 unspecified atom stereocenters. The molecule has 0 bridgehead atoms. The Labute approximate surface area is 143 Å². The first-order valence-corrected chi connectivity index (χ1v) is 8.53. The molecule has 3 aromatic rings. The van der Waals surface area contributed by atoms with Crippen LogP contribution in [0.2, 0.25) is 0 Å². The fourth-order valence-corrected chi connectivity index (χ4v) is 3.07. The molecule has 0 aliphatic heterocycles. The number of anilines is 1. The van der Waals surface area contributed by atoms with E-state index in [-0.39, 0.29) is 0 Å².